The molecule has 0 heterocycles. The number of aliphatic hydroxyl groups is 1. The maximum atomic E-state index is 9.49. The van der Waals surface area contributed by atoms with Crippen LogP contribution in [0.1, 0.15) is 45.1 Å². The number of benzene rings is 1. The third-order valence-electron chi connectivity index (χ3n) is 4.25. The molecule has 1 aromatic carbocycles. The van der Waals surface area contributed by atoms with Gasteiger partial charge in [-0.2, -0.15) is 0 Å². The molecule has 1 rings (SSSR count). The maximum Gasteiger partial charge on any atom is 0.0499 e. The van der Waals surface area contributed by atoms with Gasteiger partial charge in [-0.3, -0.25) is 0 Å². The summed E-state index contributed by atoms with van der Waals surface area (Å²) in [5.74, 6) is 0. The molecule has 2 nitrogen and oxygen atoms in total. The van der Waals surface area contributed by atoms with E-state index in [1.807, 2.05) is 0 Å². The second-order valence-corrected chi connectivity index (χ2v) is 5.48. The van der Waals surface area contributed by atoms with E-state index in [-0.39, 0.29) is 12.0 Å². The van der Waals surface area contributed by atoms with Gasteiger partial charge < -0.3 is 10.4 Å². The van der Waals surface area contributed by atoms with Crippen molar-refractivity contribution in [3.8, 4) is 0 Å². The van der Waals surface area contributed by atoms with E-state index in [0.717, 1.165) is 32.4 Å². The lowest BCUT2D eigenvalue weighted by Gasteiger charge is -2.29. The van der Waals surface area contributed by atoms with E-state index in [0.29, 0.717) is 0 Å². The highest BCUT2D eigenvalue weighted by Gasteiger charge is 2.24. The third kappa shape index (κ3) is 5.75. The van der Waals surface area contributed by atoms with E-state index < -0.39 is 0 Å². The highest BCUT2D eigenvalue weighted by atomic mass is 16.3. The predicted molar refractivity (Wildman–Crippen MR) is 82.4 cm³/mol. The smallest absolute Gasteiger partial charge is 0.0499 e. The van der Waals surface area contributed by atoms with Crippen molar-refractivity contribution < 1.29 is 5.11 Å². The maximum absolute atomic E-state index is 9.49. The van der Waals surface area contributed by atoms with Crippen LogP contribution in [0.25, 0.3) is 0 Å². The van der Waals surface area contributed by atoms with Crippen molar-refractivity contribution in [3.63, 3.8) is 0 Å². The van der Waals surface area contributed by atoms with Crippen molar-refractivity contribution in [2.45, 2.75) is 46.0 Å². The van der Waals surface area contributed by atoms with Gasteiger partial charge in [-0.1, -0.05) is 44.2 Å². The summed E-state index contributed by atoms with van der Waals surface area (Å²) in [7, 11) is 0. The molecule has 0 radical (unpaired) electrons. The van der Waals surface area contributed by atoms with E-state index in [2.05, 4.69) is 49.5 Å². The Morgan fingerprint density at radius 1 is 1.05 bits per heavy atom. The van der Waals surface area contributed by atoms with Crippen LogP contribution in [0.2, 0.25) is 0 Å². The first-order valence-electron chi connectivity index (χ1n) is 7.62. The first kappa shape index (κ1) is 16.2. The SMILES string of the molecule is CCC(CC)(CO)CNCCCCc1ccccc1. The Balaban J connectivity index is 2.11. The van der Waals surface area contributed by atoms with Crippen molar-refractivity contribution in [2.75, 3.05) is 19.7 Å². The number of aliphatic hydroxyl groups excluding tert-OH is 1. The quantitative estimate of drug-likeness (QED) is 0.634. The van der Waals surface area contributed by atoms with Crippen molar-refractivity contribution in [1.82, 2.24) is 5.32 Å². The fourth-order valence-corrected chi connectivity index (χ4v) is 2.36. The van der Waals surface area contributed by atoms with E-state index >= 15 is 0 Å². The summed E-state index contributed by atoms with van der Waals surface area (Å²) in [4.78, 5) is 0. The van der Waals surface area contributed by atoms with Gasteiger partial charge in [-0.25, -0.2) is 0 Å². The predicted octanol–water partition coefficient (Wildman–Crippen LogP) is 3.40. The lowest BCUT2D eigenvalue weighted by Crippen LogP contribution is -2.36. The Labute approximate surface area is 118 Å². The van der Waals surface area contributed by atoms with Crippen LogP contribution in [0.3, 0.4) is 0 Å². The number of hydrogen-bond acceptors (Lipinski definition) is 2. The van der Waals surface area contributed by atoms with E-state index in [1.54, 1.807) is 0 Å². The summed E-state index contributed by atoms with van der Waals surface area (Å²) in [5, 5.41) is 13.0. The zero-order chi connectivity index (χ0) is 14.0. The molecule has 1 aromatic rings. The van der Waals surface area contributed by atoms with Crippen LogP contribution in [0.15, 0.2) is 30.3 Å². The monoisotopic (exact) mass is 263 g/mol. The molecule has 0 saturated heterocycles. The van der Waals surface area contributed by atoms with Crippen LogP contribution in [-0.4, -0.2) is 24.8 Å². The summed E-state index contributed by atoms with van der Waals surface area (Å²) in [6.45, 7) is 6.60. The van der Waals surface area contributed by atoms with Crippen LogP contribution in [0, 0.1) is 5.41 Å². The first-order chi connectivity index (χ1) is 9.26. The average molecular weight is 263 g/mol. The van der Waals surface area contributed by atoms with Crippen LogP contribution in [0.4, 0.5) is 0 Å². The molecule has 0 aliphatic heterocycles. The number of nitrogens with one attached hydrogen (secondary N) is 1. The Morgan fingerprint density at radius 3 is 2.32 bits per heavy atom. The van der Waals surface area contributed by atoms with Gasteiger partial charge in [0.15, 0.2) is 0 Å². The summed E-state index contributed by atoms with van der Waals surface area (Å²) < 4.78 is 0. The molecule has 0 bridgehead atoms. The molecule has 2 heteroatoms. The van der Waals surface area contributed by atoms with Gasteiger partial charge in [0.25, 0.3) is 0 Å². The second-order valence-electron chi connectivity index (χ2n) is 5.48. The van der Waals surface area contributed by atoms with Crippen molar-refractivity contribution in [3.05, 3.63) is 35.9 Å². The molecule has 19 heavy (non-hydrogen) atoms. The molecular weight excluding hydrogens is 234 g/mol. The van der Waals surface area contributed by atoms with E-state index in [4.69, 9.17) is 0 Å². The Hall–Kier alpha value is -0.860. The Kier molecular flexibility index (Phi) is 7.76. The van der Waals surface area contributed by atoms with Gasteiger partial charge in [0, 0.05) is 18.6 Å². The van der Waals surface area contributed by atoms with Crippen LogP contribution in [0.5, 0.6) is 0 Å². The van der Waals surface area contributed by atoms with Gasteiger partial charge in [0.05, 0.1) is 0 Å². The summed E-state index contributed by atoms with van der Waals surface area (Å²) >= 11 is 0. The van der Waals surface area contributed by atoms with E-state index in [9.17, 15) is 5.11 Å². The van der Waals surface area contributed by atoms with Crippen LogP contribution >= 0.6 is 0 Å². The fourth-order valence-electron chi connectivity index (χ4n) is 2.36. The van der Waals surface area contributed by atoms with Crippen LogP contribution in [-0.2, 0) is 6.42 Å². The Bertz CT molecular complexity index is 311. The zero-order valence-electron chi connectivity index (χ0n) is 12.5. The molecule has 0 unspecified atom stereocenters. The summed E-state index contributed by atoms with van der Waals surface area (Å²) in [5.41, 5.74) is 1.51. The van der Waals surface area contributed by atoms with Gasteiger partial charge in [0.2, 0.25) is 0 Å². The topological polar surface area (TPSA) is 32.3 Å². The lowest BCUT2D eigenvalue weighted by atomic mass is 9.83. The largest absolute Gasteiger partial charge is 0.396 e. The molecule has 0 aliphatic rings. The molecule has 0 saturated carbocycles. The highest BCUT2D eigenvalue weighted by molar-refractivity contribution is 5.14. The summed E-state index contributed by atoms with van der Waals surface area (Å²) in [6, 6.07) is 10.7. The second kappa shape index (κ2) is 9.11. The fraction of sp³-hybridized carbons (Fsp3) is 0.647. The zero-order valence-corrected chi connectivity index (χ0v) is 12.5. The normalized spacial score (nSPS) is 11.7. The standard InChI is InChI=1S/C17H29NO/c1-3-17(4-2,15-19)14-18-13-9-8-12-16-10-6-5-7-11-16/h5-7,10-11,18-19H,3-4,8-9,12-15H2,1-2H3. The van der Waals surface area contributed by atoms with Gasteiger partial charge in [0.1, 0.15) is 0 Å². The molecule has 0 spiro atoms. The number of unbranched alkanes of at least 4 members (excludes halogenated alkanes) is 1. The number of aryl methyl sites for hydroxylation is 1. The molecule has 0 fully saturated rings. The molecule has 0 aromatic heterocycles. The highest BCUT2D eigenvalue weighted by Crippen LogP contribution is 2.24. The Morgan fingerprint density at radius 2 is 1.74 bits per heavy atom. The van der Waals surface area contributed by atoms with Gasteiger partial charge >= 0.3 is 0 Å². The van der Waals surface area contributed by atoms with Crippen molar-refractivity contribution >= 4 is 0 Å². The average Bonchev–Trinajstić information content (AvgIpc) is 2.48. The van der Waals surface area contributed by atoms with Gasteiger partial charge in [-0.15, -0.1) is 0 Å². The van der Waals surface area contributed by atoms with Crippen molar-refractivity contribution in [1.29, 1.82) is 0 Å². The molecule has 0 aliphatic carbocycles. The molecule has 108 valence electrons. The third-order valence-corrected chi connectivity index (χ3v) is 4.25. The minimum Gasteiger partial charge on any atom is -0.396 e. The molecular formula is C17H29NO. The molecule has 2 N–H and O–H groups in total. The number of hydrogen-bond donors (Lipinski definition) is 2. The van der Waals surface area contributed by atoms with Crippen LogP contribution < -0.4 is 5.32 Å². The van der Waals surface area contributed by atoms with E-state index in [1.165, 1.54) is 18.4 Å². The van der Waals surface area contributed by atoms with Crippen molar-refractivity contribution in [2.24, 2.45) is 5.41 Å². The minimum atomic E-state index is 0.0828. The molecule has 0 amide bonds. The first-order valence-corrected chi connectivity index (χ1v) is 7.62. The summed E-state index contributed by atoms with van der Waals surface area (Å²) in [6.07, 6.45) is 5.66. The number of rotatable bonds is 10. The van der Waals surface area contributed by atoms with Gasteiger partial charge in [-0.05, 0) is 44.2 Å². The lowest BCUT2D eigenvalue weighted by molar-refractivity contribution is 0.113. The molecule has 0 atom stereocenters. The minimum absolute atomic E-state index is 0.0828.